The molecule has 0 aliphatic heterocycles. The van der Waals surface area contributed by atoms with Crippen LogP contribution in [-0.2, 0) is 0 Å². The van der Waals surface area contributed by atoms with Crippen molar-refractivity contribution < 1.29 is 9.53 Å². The van der Waals surface area contributed by atoms with Crippen LogP contribution in [0.5, 0.6) is 5.75 Å². The summed E-state index contributed by atoms with van der Waals surface area (Å²) in [4.78, 5) is 11.2. The summed E-state index contributed by atoms with van der Waals surface area (Å²) >= 11 is 2.12. The van der Waals surface area contributed by atoms with Gasteiger partial charge in [0.15, 0.2) is 5.78 Å². The third-order valence-corrected chi connectivity index (χ3v) is 2.50. The van der Waals surface area contributed by atoms with Crippen LogP contribution in [0.3, 0.4) is 0 Å². The lowest BCUT2D eigenvalue weighted by Crippen LogP contribution is -2.13. The summed E-state index contributed by atoms with van der Waals surface area (Å²) in [5, 5.41) is 0. The van der Waals surface area contributed by atoms with Crippen LogP contribution in [0.1, 0.15) is 10.4 Å². The Labute approximate surface area is 90.4 Å². The van der Waals surface area contributed by atoms with Crippen molar-refractivity contribution in [1.29, 1.82) is 0 Å². The van der Waals surface area contributed by atoms with Gasteiger partial charge in [-0.05, 0) is 40.8 Å². The Kier molecular flexibility index (Phi) is 3.68. The van der Waals surface area contributed by atoms with Gasteiger partial charge in [0.2, 0.25) is 0 Å². The van der Waals surface area contributed by atoms with Crippen LogP contribution in [0.15, 0.2) is 18.2 Å². The summed E-state index contributed by atoms with van der Waals surface area (Å²) in [5.41, 5.74) is 5.87. The van der Waals surface area contributed by atoms with Gasteiger partial charge >= 0.3 is 0 Å². The Balaban J connectivity index is 3.02. The van der Waals surface area contributed by atoms with E-state index in [1.54, 1.807) is 25.3 Å². The highest BCUT2D eigenvalue weighted by Crippen LogP contribution is 2.21. The van der Waals surface area contributed by atoms with Crippen molar-refractivity contribution >= 4 is 28.4 Å². The first-order chi connectivity index (χ1) is 6.19. The zero-order valence-corrected chi connectivity index (χ0v) is 9.37. The summed E-state index contributed by atoms with van der Waals surface area (Å²) in [7, 11) is 1.60. The number of benzene rings is 1. The van der Waals surface area contributed by atoms with E-state index >= 15 is 0 Å². The largest absolute Gasteiger partial charge is 0.496 e. The molecule has 1 rings (SSSR count). The number of carbonyl (C=O) groups is 1. The highest BCUT2D eigenvalue weighted by Gasteiger charge is 2.06. The van der Waals surface area contributed by atoms with Gasteiger partial charge in [0.1, 0.15) is 5.75 Å². The molecule has 13 heavy (non-hydrogen) atoms. The lowest BCUT2D eigenvalue weighted by Gasteiger charge is -2.04. The molecule has 2 N–H and O–H groups in total. The molecule has 0 radical (unpaired) electrons. The molecule has 4 heteroatoms. The molecule has 1 aromatic carbocycles. The first kappa shape index (κ1) is 10.5. The summed E-state index contributed by atoms with van der Waals surface area (Å²) in [6, 6.07) is 5.26. The highest BCUT2D eigenvalue weighted by atomic mass is 127. The molecule has 3 nitrogen and oxygen atoms in total. The van der Waals surface area contributed by atoms with E-state index in [0.29, 0.717) is 5.56 Å². The molecule has 0 aliphatic carbocycles. The number of Topliss-reactive ketones (excluding diaryl/α,β-unsaturated/α-hetero) is 1. The monoisotopic (exact) mass is 291 g/mol. The number of nitrogens with two attached hydrogens (primary N) is 1. The molecule has 0 unspecified atom stereocenters. The van der Waals surface area contributed by atoms with E-state index in [2.05, 4.69) is 22.6 Å². The molecule has 0 atom stereocenters. The van der Waals surface area contributed by atoms with E-state index in [9.17, 15) is 4.79 Å². The second kappa shape index (κ2) is 4.57. The van der Waals surface area contributed by atoms with Crippen molar-refractivity contribution in [2.24, 2.45) is 5.73 Å². The minimum atomic E-state index is -0.0550. The van der Waals surface area contributed by atoms with E-state index in [1.807, 2.05) is 0 Å². The second-order valence-corrected chi connectivity index (χ2v) is 3.64. The molecule has 0 bridgehead atoms. The molecule has 0 amide bonds. The smallest absolute Gasteiger partial charge is 0.176 e. The Bertz CT molecular complexity index is 325. The number of rotatable bonds is 3. The van der Waals surface area contributed by atoms with Gasteiger partial charge in [-0.25, -0.2) is 0 Å². The van der Waals surface area contributed by atoms with Crippen LogP contribution in [0.4, 0.5) is 0 Å². The second-order valence-electron chi connectivity index (χ2n) is 2.48. The first-order valence-electron chi connectivity index (χ1n) is 3.76. The summed E-state index contributed by atoms with van der Waals surface area (Å²) in [6.07, 6.45) is 0. The zero-order valence-electron chi connectivity index (χ0n) is 7.21. The molecule has 0 aliphatic rings. The van der Waals surface area contributed by atoms with Gasteiger partial charge in [0, 0.05) is 5.56 Å². The van der Waals surface area contributed by atoms with Crippen molar-refractivity contribution in [1.82, 2.24) is 0 Å². The van der Waals surface area contributed by atoms with Crippen LogP contribution in [0.25, 0.3) is 0 Å². The van der Waals surface area contributed by atoms with Gasteiger partial charge in [-0.3, -0.25) is 4.79 Å². The molecule has 0 spiro atoms. The molecule has 0 heterocycles. The van der Waals surface area contributed by atoms with Gasteiger partial charge < -0.3 is 10.5 Å². The van der Waals surface area contributed by atoms with Crippen LogP contribution in [0.2, 0.25) is 0 Å². The van der Waals surface area contributed by atoms with E-state index in [4.69, 9.17) is 10.5 Å². The average Bonchev–Trinajstić information content (AvgIpc) is 2.16. The Morgan fingerprint density at radius 3 is 2.77 bits per heavy atom. The van der Waals surface area contributed by atoms with Gasteiger partial charge in [-0.2, -0.15) is 0 Å². The van der Waals surface area contributed by atoms with Crippen molar-refractivity contribution in [3.8, 4) is 5.75 Å². The molecular weight excluding hydrogens is 281 g/mol. The maximum Gasteiger partial charge on any atom is 0.176 e. The standard InChI is InChI=1S/C9H10INO2/c1-13-9-3-2-6(4-7(9)10)8(12)5-11/h2-4H,5,11H2,1H3. The Morgan fingerprint density at radius 2 is 2.31 bits per heavy atom. The molecule has 0 saturated carbocycles. The molecule has 70 valence electrons. The number of methoxy groups -OCH3 is 1. The Hall–Kier alpha value is -0.620. The zero-order chi connectivity index (χ0) is 9.84. The predicted octanol–water partition coefficient (Wildman–Crippen LogP) is 1.44. The first-order valence-corrected chi connectivity index (χ1v) is 4.83. The average molecular weight is 291 g/mol. The number of carbonyl (C=O) groups excluding carboxylic acids is 1. The van der Waals surface area contributed by atoms with Crippen LogP contribution >= 0.6 is 22.6 Å². The summed E-state index contributed by atoms with van der Waals surface area (Å²) < 4.78 is 5.98. The molecule has 0 saturated heterocycles. The summed E-state index contributed by atoms with van der Waals surface area (Å²) in [6.45, 7) is 0.0441. The fraction of sp³-hybridized carbons (Fsp3) is 0.222. The van der Waals surface area contributed by atoms with E-state index in [-0.39, 0.29) is 12.3 Å². The topological polar surface area (TPSA) is 52.3 Å². The minimum Gasteiger partial charge on any atom is -0.496 e. The van der Waals surface area contributed by atoms with Crippen LogP contribution in [0, 0.1) is 3.57 Å². The maximum absolute atomic E-state index is 11.2. The minimum absolute atomic E-state index is 0.0441. The number of hydrogen-bond acceptors (Lipinski definition) is 3. The highest BCUT2D eigenvalue weighted by molar-refractivity contribution is 14.1. The van der Waals surface area contributed by atoms with E-state index in [0.717, 1.165) is 9.32 Å². The number of hydrogen-bond donors (Lipinski definition) is 1. The SMILES string of the molecule is COc1ccc(C(=O)CN)cc1I. The van der Waals surface area contributed by atoms with Gasteiger partial charge in [-0.15, -0.1) is 0 Å². The number of ether oxygens (including phenoxy) is 1. The van der Waals surface area contributed by atoms with Crippen molar-refractivity contribution in [3.05, 3.63) is 27.3 Å². The van der Waals surface area contributed by atoms with Crippen molar-refractivity contribution in [2.75, 3.05) is 13.7 Å². The normalized spacial score (nSPS) is 9.77. The van der Waals surface area contributed by atoms with Gasteiger partial charge in [0.05, 0.1) is 17.2 Å². The maximum atomic E-state index is 11.2. The Morgan fingerprint density at radius 1 is 1.62 bits per heavy atom. The molecule has 0 fully saturated rings. The lowest BCUT2D eigenvalue weighted by molar-refractivity contribution is 0.100. The number of ketones is 1. The molecule has 1 aromatic rings. The fourth-order valence-corrected chi connectivity index (χ4v) is 1.69. The van der Waals surface area contributed by atoms with Gasteiger partial charge in [0.25, 0.3) is 0 Å². The third-order valence-electron chi connectivity index (χ3n) is 1.66. The van der Waals surface area contributed by atoms with Crippen LogP contribution in [-0.4, -0.2) is 19.4 Å². The van der Waals surface area contributed by atoms with E-state index < -0.39 is 0 Å². The fourth-order valence-electron chi connectivity index (χ4n) is 0.958. The quantitative estimate of drug-likeness (QED) is 0.677. The molecule has 0 aromatic heterocycles. The van der Waals surface area contributed by atoms with E-state index in [1.165, 1.54) is 0 Å². The van der Waals surface area contributed by atoms with Crippen LogP contribution < -0.4 is 10.5 Å². The third kappa shape index (κ3) is 2.41. The summed E-state index contributed by atoms with van der Waals surface area (Å²) in [5.74, 6) is 0.717. The van der Waals surface area contributed by atoms with Gasteiger partial charge in [-0.1, -0.05) is 0 Å². The molecular formula is C9H10INO2. The van der Waals surface area contributed by atoms with Crippen molar-refractivity contribution in [2.45, 2.75) is 0 Å². The number of halogens is 1. The lowest BCUT2D eigenvalue weighted by atomic mass is 10.1. The predicted molar refractivity (Wildman–Crippen MR) is 59.1 cm³/mol. The van der Waals surface area contributed by atoms with Crippen molar-refractivity contribution in [3.63, 3.8) is 0 Å².